The normalized spacial score (nSPS) is 11.9. The van der Waals surface area contributed by atoms with Crippen LogP contribution in [0, 0.1) is 6.92 Å². The van der Waals surface area contributed by atoms with Gasteiger partial charge < -0.3 is 10.6 Å². The highest BCUT2D eigenvalue weighted by Crippen LogP contribution is 2.10. The van der Waals surface area contributed by atoms with Crippen molar-refractivity contribution in [1.82, 2.24) is 10.6 Å². The Morgan fingerprint density at radius 2 is 1.71 bits per heavy atom. The Morgan fingerprint density at radius 3 is 2.38 bits per heavy atom. The average Bonchev–Trinajstić information content (AvgIpc) is 2.50. The number of carbonyl (C=O) groups is 1. The third-order valence-electron chi connectivity index (χ3n) is 3.41. The SMILES string of the molecule is Cc1ccc(CNCC(=O)NC(C)c2ccccc2)cc1. The molecule has 0 spiro atoms. The highest BCUT2D eigenvalue weighted by molar-refractivity contribution is 5.78. The molecule has 0 radical (unpaired) electrons. The Labute approximate surface area is 126 Å². The predicted molar refractivity (Wildman–Crippen MR) is 85.9 cm³/mol. The Balaban J connectivity index is 1.73. The van der Waals surface area contributed by atoms with Crippen molar-refractivity contribution < 1.29 is 4.79 Å². The highest BCUT2D eigenvalue weighted by Gasteiger charge is 2.08. The second-order valence-electron chi connectivity index (χ2n) is 5.29. The zero-order chi connectivity index (χ0) is 15.1. The molecule has 2 rings (SSSR count). The van der Waals surface area contributed by atoms with Crippen molar-refractivity contribution in [2.24, 2.45) is 0 Å². The maximum Gasteiger partial charge on any atom is 0.234 e. The summed E-state index contributed by atoms with van der Waals surface area (Å²) in [6.45, 7) is 5.08. The van der Waals surface area contributed by atoms with Gasteiger partial charge in [-0.1, -0.05) is 60.2 Å². The molecule has 0 aliphatic carbocycles. The number of benzene rings is 2. The van der Waals surface area contributed by atoms with Gasteiger partial charge in [0.15, 0.2) is 0 Å². The molecule has 0 aliphatic rings. The van der Waals surface area contributed by atoms with Crippen LogP contribution in [0.4, 0.5) is 0 Å². The van der Waals surface area contributed by atoms with Gasteiger partial charge in [-0.15, -0.1) is 0 Å². The number of rotatable bonds is 6. The molecular weight excluding hydrogens is 260 g/mol. The van der Waals surface area contributed by atoms with Crippen LogP contribution in [0.1, 0.15) is 29.7 Å². The molecule has 0 heterocycles. The molecule has 0 fully saturated rings. The van der Waals surface area contributed by atoms with Crippen molar-refractivity contribution in [3.05, 3.63) is 71.3 Å². The molecule has 110 valence electrons. The summed E-state index contributed by atoms with van der Waals surface area (Å²) < 4.78 is 0. The van der Waals surface area contributed by atoms with Crippen molar-refractivity contribution in [2.45, 2.75) is 26.4 Å². The lowest BCUT2D eigenvalue weighted by atomic mass is 10.1. The van der Waals surface area contributed by atoms with Gasteiger partial charge in [-0.2, -0.15) is 0 Å². The predicted octanol–water partition coefficient (Wildman–Crippen LogP) is 2.96. The van der Waals surface area contributed by atoms with Crippen molar-refractivity contribution in [2.75, 3.05) is 6.54 Å². The summed E-state index contributed by atoms with van der Waals surface area (Å²) in [5, 5.41) is 6.16. The minimum atomic E-state index is 0.0125. The summed E-state index contributed by atoms with van der Waals surface area (Å²) in [5.74, 6) is 0.0125. The Morgan fingerprint density at radius 1 is 1.05 bits per heavy atom. The molecule has 0 aliphatic heterocycles. The van der Waals surface area contributed by atoms with Crippen LogP contribution in [-0.4, -0.2) is 12.5 Å². The molecule has 0 saturated heterocycles. The number of hydrogen-bond donors (Lipinski definition) is 2. The van der Waals surface area contributed by atoms with E-state index in [1.807, 2.05) is 37.3 Å². The lowest BCUT2D eigenvalue weighted by Crippen LogP contribution is -2.35. The van der Waals surface area contributed by atoms with Gasteiger partial charge >= 0.3 is 0 Å². The maximum atomic E-state index is 11.9. The van der Waals surface area contributed by atoms with E-state index >= 15 is 0 Å². The van der Waals surface area contributed by atoms with Crippen molar-refractivity contribution >= 4 is 5.91 Å². The summed E-state index contributed by atoms with van der Waals surface area (Å²) in [7, 11) is 0. The highest BCUT2D eigenvalue weighted by atomic mass is 16.1. The van der Waals surface area contributed by atoms with Crippen LogP contribution in [0.2, 0.25) is 0 Å². The number of nitrogens with one attached hydrogen (secondary N) is 2. The first kappa shape index (κ1) is 15.3. The van der Waals surface area contributed by atoms with Crippen molar-refractivity contribution in [3.63, 3.8) is 0 Å². The lowest BCUT2D eigenvalue weighted by molar-refractivity contribution is -0.120. The van der Waals surface area contributed by atoms with E-state index in [1.54, 1.807) is 0 Å². The van der Waals surface area contributed by atoms with Gasteiger partial charge in [0.25, 0.3) is 0 Å². The third kappa shape index (κ3) is 5.04. The summed E-state index contributed by atoms with van der Waals surface area (Å²) in [5.41, 5.74) is 3.54. The molecule has 0 saturated carbocycles. The van der Waals surface area contributed by atoms with Crippen LogP contribution >= 0.6 is 0 Å². The van der Waals surface area contributed by atoms with Crippen LogP contribution < -0.4 is 10.6 Å². The molecule has 0 bridgehead atoms. The zero-order valence-electron chi connectivity index (χ0n) is 12.6. The lowest BCUT2D eigenvalue weighted by Gasteiger charge is -2.14. The van der Waals surface area contributed by atoms with E-state index in [0.717, 1.165) is 5.56 Å². The van der Waals surface area contributed by atoms with Gasteiger partial charge in [0.05, 0.1) is 12.6 Å². The number of amides is 1. The van der Waals surface area contributed by atoms with Gasteiger partial charge in [-0.05, 0) is 25.0 Å². The second kappa shape index (κ2) is 7.60. The van der Waals surface area contributed by atoms with E-state index in [0.29, 0.717) is 13.1 Å². The Hall–Kier alpha value is -2.13. The first-order valence-electron chi connectivity index (χ1n) is 7.26. The van der Waals surface area contributed by atoms with E-state index in [4.69, 9.17) is 0 Å². The minimum absolute atomic E-state index is 0.0125. The first-order chi connectivity index (χ1) is 10.1. The van der Waals surface area contributed by atoms with Crippen molar-refractivity contribution in [3.8, 4) is 0 Å². The molecule has 0 aromatic heterocycles. The standard InChI is InChI=1S/C18H22N2O/c1-14-8-10-16(11-9-14)12-19-13-18(21)20-15(2)17-6-4-3-5-7-17/h3-11,15,19H,12-13H2,1-2H3,(H,20,21). The van der Waals surface area contributed by atoms with Crippen LogP contribution in [0.5, 0.6) is 0 Å². The van der Waals surface area contributed by atoms with E-state index < -0.39 is 0 Å². The van der Waals surface area contributed by atoms with Gasteiger partial charge in [0.2, 0.25) is 5.91 Å². The third-order valence-corrected chi connectivity index (χ3v) is 3.41. The van der Waals surface area contributed by atoms with Crippen molar-refractivity contribution in [1.29, 1.82) is 0 Å². The van der Waals surface area contributed by atoms with Crippen LogP contribution in [0.3, 0.4) is 0 Å². The van der Waals surface area contributed by atoms with E-state index in [9.17, 15) is 4.79 Å². The van der Waals surface area contributed by atoms with Gasteiger partial charge in [0, 0.05) is 6.54 Å². The average molecular weight is 282 g/mol. The number of aryl methyl sites for hydroxylation is 1. The summed E-state index contributed by atoms with van der Waals surface area (Å²) in [6, 6.07) is 18.3. The maximum absolute atomic E-state index is 11.9. The molecule has 3 nitrogen and oxygen atoms in total. The van der Waals surface area contributed by atoms with Crippen LogP contribution in [0.15, 0.2) is 54.6 Å². The fraction of sp³-hybridized carbons (Fsp3) is 0.278. The van der Waals surface area contributed by atoms with Gasteiger partial charge in [0.1, 0.15) is 0 Å². The van der Waals surface area contributed by atoms with E-state index in [2.05, 4.69) is 41.8 Å². The Bertz CT molecular complexity index is 564. The van der Waals surface area contributed by atoms with E-state index in [-0.39, 0.29) is 11.9 Å². The van der Waals surface area contributed by atoms with E-state index in [1.165, 1.54) is 11.1 Å². The molecular formula is C18H22N2O. The molecule has 2 N–H and O–H groups in total. The molecule has 1 atom stereocenters. The molecule has 2 aromatic rings. The quantitative estimate of drug-likeness (QED) is 0.855. The topological polar surface area (TPSA) is 41.1 Å². The zero-order valence-corrected chi connectivity index (χ0v) is 12.6. The molecule has 21 heavy (non-hydrogen) atoms. The van der Waals surface area contributed by atoms with Gasteiger partial charge in [-0.25, -0.2) is 0 Å². The van der Waals surface area contributed by atoms with Crippen LogP contribution in [0.25, 0.3) is 0 Å². The summed E-state index contributed by atoms with van der Waals surface area (Å²) in [6.07, 6.45) is 0. The molecule has 1 amide bonds. The summed E-state index contributed by atoms with van der Waals surface area (Å²) >= 11 is 0. The molecule has 2 aromatic carbocycles. The molecule has 3 heteroatoms. The number of carbonyl (C=O) groups excluding carboxylic acids is 1. The fourth-order valence-electron chi connectivity index (χ4n) is 2.14. The monoisotopic (exact) mass is 282 g/mol. The minimum Gasteiger partial charge on any atom is -0.348 e. The Kier molecular flexibility index (Phi) is 5.52. The summed E-state index contributed by atoms with van der Waals surface area (Å²) in [4.78, 5) is 11.9. The smallest absolute Gasteiger partial charge is 0.234 e. The fourth-order valence-corrected chi connectivity index (χ4v) is 2.14. The largest absolute Gasteiger partial charge is 0.348 e. The second-order valence-corrected chi connectivity index (χ2v) is 5.29. The number of hydrogen-bond acceptors (Lipinski definition) is 2. The molecule has 1 unspecified atom stereocenters. The van der Waals surface area contributed by atoms with Crippen LogP contribution in [-0.2, 0) is 11.3 Å². The van der Waals surface area contributed by atoms with Gasteiger partial charge in [-0.3, -0.25) is 4.79 Å². The first-order valence-corrected chi connectivity index (χ1v) is 7.26.